The molecule has 3 unspecified atom stereocenters. The molecule has 1 aliphatic heterocycles. The fraction of sp³-hybridized carbons (Fsp3) is 0.600. The van der Waals surface area contributed by atoms with Gasteiger partial charge >= 0.3 is 0 Å². The van der Waals surface area contributed by atoms with Crippen molar-refractivity contribution >= 4 is 31.9 Å². The van der Waals surface area contributed by atoms with Crippen molar-refractivity contribution in [3.63, 3.8) is 0 Å². The van der Waals surface area contributed by atoms with Gasteiger partial charge in [0.25, 0.3) is 0 Å². The van der Waals surface area contributed by atoms with Gasteiger partial charge in [0.05, 0.1) is 20.3 Å². The van der Waals surface area contributed by atoms with Crippen molar-refractivity contribution in [2.24, 2.45) is 5.92 Å². The molecule has 0 radical (unpaired) electrons. The smallest absolute Gasteiger partial charge is 0.161 e. The Balaban J connectivity index is 2.31. The first kappa shape index (κ1) is 16.1. The summed E-state index contributed by atoms with van der Waals surface area (Å²) in [5.74, 6) is 1.97. The molecule has 20 heavy (non-hydrogen) atoms. The summed E-state index contributed by atoms with van der Waals surface area (Å²) in [5, 5.41) is 0. The molecule has 112 valence electrons. The molecule has 0 saturated carbocycles. The van der Waals surface area contributed by atoms with Crippen LogP contribution in [0.5, 0.6) is 11.5 Å². The van der Waals surface area contributed by atoms with Crippen LogP contribution in [0, 0.1) is 5.92 Å². The maximum absolute atomic E-state index is 5.80. The third-order valence-corrected chi connectivity index (χ3v) is 5.70. The van der Waals surface area contributed by atoms with E-state index in [1.807, 2.05) is 12.1 Å². The second-order valence-corrected chi connectivity index (χ2v) is 6.74. The van der Waals surface area contributed by atoms with E-state index in [2.05, 4.69) is 38.8 Å². The fourth-order valence-corrected chi connectivity index (χ4v) is 4.59. The van der Waals surface area contributed by atoms with Crippen molar-refractivity contribution in [2.75, 3.05) is 20.8 Å². The summed E-state index contributed by atoms with van der Waals surface area (Å²) < 4.78 is 17.5. The highest BCUT2D eigenvalue weighted by atomic mass is 79.9. The second kappa shape index (κ2) is 7.14. The molecule has 3 atom stereocenters. The minimum Gasteiger partial charge on any atom is -0.493 e. The Bertz CT molecular complexity index is 465. The normalized spacial score (nSPS) is 23.6. The lowest BCUT2D eigenvalue weighted by Gasteiger charge is -2.24. The molecule has 1 fully saturated rings. The molecule has 0 bridgehead atoms. The highest BCUT2D eigenvalue weighted by Gasteiger charge is 2.34. The zero-order valence-corrected chi connectivity index (χ0v) is 15.2. The molecular formula is C15H20Br2O3. The summed E-state index contributed by atoms with van der Waals surface area (Å²) in [5.41, 5.74) is 1.18. The Labute approximate surface area is 137 Å². The van der Waals surface area contributed by atoms with Gasteiger partial charge in [-0.15, -0.1) is 0 Å². The molecule has 0 amide bonds. The minimum absolute atomic E-state index is 0.240. The zero-order chi connectivity index (χ0) is 14.7. The topological polar surface area (TPSA) is 27.7 Å². The van der Waals surface area contributed by atoms with Gasteiger partial charge in [0.1, 0.15) is 0 Å². The van der Waals surface area contributed by atoms with Crippen LogP contribution in [0.1, 0.15) is 30.2 Å². The van der Waals surface area contributed by atoms with Crippen LogP contribution < -0.4 is 9.47 Å². The maximum Gasteiger partial charge on any atom is 0.161 e. The van der Waals surface area contributed by atoms with Gasteiger partial charge in [-0.2, -0.15) is 0 Å². The van der Waals surface area contributed by atoms with Crippen molar-refractivity contribution in [1.29, 1.82) is 0 Å². The molecule has 0 N–H and O–H groups in total. The van der Waals surface area contributed by atoms with E-state index in [0.29, 0.717) is 12.0 Å². The SMILES string of the molecule is CCC1OCCC1C(Br)c1cc(OC)c(OC)cc1Br. The van der Waals surface area contributed by atoms with E-state index in [1.54, 1.807) is 14.2 Å². The fourth-order valence-electron chi connectivity index (χ4n) is 2.73. The first-order valence-corrected chi connectivity index (χ1v) is 8.50. The number of hydrogen-bond donors (Lipinski definition) is 0. The number of rotatable bonds is 5. The first-order valence-electron chi connectivity index (χ1n) is 6.79. The van der Waals surface area contributed by atoms with Gasteiger partial charge in [-0.05, 0) is 30.5 Å². The van der Waals surface area contributed by atoms with Crippen molar-refractivity contribution in [2.45, 2.75) is 30.7 Å². The molecule has 1 aromatic rings. The molecule has 2 rings (SSSR count). The second-order valence-electron chi connectivity index (χ2n) is 4.90. The van der Waals surface area contributed by atoms with E-state index in [9.17, 15) is 0 Å². The molecule has 1 saturated heterocycles. The largest absolute Gasteiger partial charge is 0.493 e. The lowest BCUT2D eigenvalue weighted by molar-refractivity contribution is 0.0872. The number of hydrogen-bond acceptors (Lipinski definition) is 3. The third kappa shape index (κ3) is 3.15. The summed E-state index contributed by atoms with van der Waals surface area (Å²) >= 11 is 7.48. The van der Waals surface area contributed by atoms with Gasteiger partial charge in [-0.25, -0.2) is 0 Å². The molecule has 1 heterocycles. The van der Waals surface area contributed by atoms with Crippen LogP contribution >= 0.6 is 31.9 Å². The van der Waals surface area contributed by atoms with E-state index >= 15 is 0 Å². The molecule has 0 aliphatic carbocycles. The van der Waals surface area contributed by atoms with Crippen LogP contribution in [0.2, 0.25) is 0 Å². The van der Waals surface area contributed by atoms with Crippen molar-refractivity contribution in [3.05, 3.63) is 22.2 Å². The van der Waals surface area contributed by atoms with E-state index in [1.165, 1.54) is 5.56 Å². The van der Waals surface area contributed by atoms with Crippen LogP contribution in [0.25, 0.3) is 0 Å². The van der Waals surface area contributed by atoms with Crippen LogP contribution in [0.4, 0.5) is 0 Å². The van der Waals surface area contributed by atoms with Gasteiger partial charge < -0.3 is 14.2 Å². The van der Waals surface area contributed by atoms with E-state index in [4.69, 9.17) is 14.2 Å². The Morgan fingerprint density at radius 2 is 1.95 bits per heavy atom. The standard InChI is InChI=1S/C15H20Br2O3/c1-4-12-9(5-6-20-12)15(17)10-7-13(18-2)14(19-3)8-11(10)16/h7-9,12,15H,4-6H2,1-3H3. The minimum atomic E-state index is 0.240. The van der Waals surface area contributed by atoms with Crippen LogP contribution in [0.15, 0.2) is 16.6 Å². The van der Waals surface area contributed by atoms with E-state index < -0.39 is 0 Å². The molecular weight excluding hydrogens is 388 g/mol. The molecule has 0 spiro atoms. The van der Waals surface area contributed by atoms with Crippen molar-refractivity contribution in [3.8, 4) is 11.5 Å². The summed E-state index contributed by atoms with van der Waals surface area (Å²) in [4.78, 5) is 0.240. The number of alkyl halides is 1. The summed E-state index contributed by atoms with van der Waals surface area (Å²) in [6.45, 7) is 3.02. The predicted molar refractivity (Wildman–Crippen MR) is 87.1 cm³/mol. The summed E-state index contributed by atoms with van der Waals surface area (Å²) in [6, 6.07) is 3.99. The van der Waals surface area contributed by atoms with Gasteiger partial charge in [0.2, 0.25) is 0 Å². The number of benzene rings is 1. The van der Waals surface area contributed by atoms with Gasteiger partial charge in [-0.1, -0.05) is 38.8 Å². The average Bonchev–Trinajstić information content (AvgIpc) is 2.94. The molecule has 3 nitrogen and oxygen atoms in total. The Morgan fingerprint density at radius 3 is 2.55 bits per heavy atom. The predicted octanol–water partition coefficient (Wildman–Crippen LogP) is 4.72. The summed E-state index contributed by atoms with van der Waals surface area (Å²) in [6.07, 6.45) is 2.44. The highest BCUT2D eigenvalue weighted by molar-refractivity contribution is 9.11. The van der Waals surface area contributed by atoms with Crippen molar-refractivity contribution < 1.29 is 14.2 Å². The van der Waals surface area contributed by atoms with Crippen LogP contribution in [0.3, 0.4) is 0 Å². The lowest BCUT2D eigenvalue weighted by atomic mass is 9.91. The van der Waals surface area contributed by atoms with Gasteiger partial charge in [-0.3, -0.25) is 0 Å². The van der Waals surface area contributed by atoms with Crippen LogP contribution in [-0.4, -0.2) is 26.9 Å². The Kier molecular flexibility index (Phi) is 5.75. The summed E-state index contributed by atoms with van der Waals surface area (Å²) in [7, 11) is 3.31. The molecule has 5 heteroatoms. The van der Waals surface area contributed by atoms with Gasteiger partial charge in [0, 0.05) is 21.8 Å². The first-order chi connectivity index (χ1) is 9.62. The highest BCUT2D eigenvalue weighted by Crippen LogP contribution is 2.45. The molecule has 1 aromatic carbocycles. The van der Waals surface area contributed by atoms with Crippen LogP contribution in [-0.2, 0) is 4.74 Å². The third-order valence-electron chi connectivity index (χ3n) is 3.84. The van der Waals surface area contributed by atoms with Crippen molar-refractivity contribution in [1.82, 2.24) is 0 Å². The molecule has 1 aliphatic rings. The molecule has 0 aromatic heterocycles. The Morgan fingerprint density at radius 1 is 1.30 bits per heavy atom. The average molecular weight is 408 g/mol. The van der Waals surface area contributed by atoms with Gasteiger partial charge in [0.15, 0.2) is 11.5 Å². The maximum atomic E-state index is 5.80. The zero-order valence-electron chi connectivity index (χ0n) is 12.0. The van der Waals surface area contributed by atoms with E-state index in [-0.39, 0.29) is 4.83 Å². The Hall–Kier alpha value is -0.260. The monoisotopic (exact) mass is 406 g/mol. The quantitative estimate of drug-likeness (QED) is 0.661. The number of ether oxygens (including phenoxy) is 3. The number of halogens is 2. The number of methoxy groups -OCH3 is 2. The lowest BCUT2D eigenvalue weighted by Crippen LogP contribution is -2.19. The van der Waals surface area contributed by atoms with E-state index in [0.717, 1.165) is 35.4 Å².